The van der Waals surface area contributed by atoms with Gasteiger partial charge in [-0.2, -0.15) is 0 Å². The monoisotopic (exact) mass is 263 g/mol. The van der Waals surface area contributed by atoms with Crippen LogP contribution in [-0.2, 0) is 11.3 Å². The van der Waals surface area contributed by atoms with Crippen molar-refractivity contribution in [2.75, 3.05) is 37.7 Å². The highest BCUT2D eigenvalue weighted by atomic mass is 16.5. The Balaban J connectivity index is 1.76. The van der Waals surface area contributed by atoms with E-state index in [1.807, 2.05) is 12.1 Å². The molecule has 0 aliphatic carbocycles. The summed E-state index contributed by atoms with van der Waals surface area (Å²) in [4.78, 5) is 6.72. The number of aromatic nitrogens is 1. The Kier molecular flexibility index (Phi) is 3.68. The molecule has 3 heterocycles. The van der Waals surface area contributed by atoms with E-state index in [4.69, 9.17) is 4.74 Å². The van der Waals surface area contributed by atoms with Crippen molar-refractivity contribution in [1.29, 1.82) is 0 Å². The van der Waals surface area contributed by atoms with E-state index in [9.17, 15) is 5.11 Å². The first-order valence-corrected chi connectivity index (χ1v) is 6.97. The third kappa shape index (κ3) is 2.73. The highest BCUT2D eigenvalue weighted by molar-refractivity contribution is 5.42. The molecule has 0 atom stereocenters. The number of ether oxygens (including phenoxy) is 1. The van der Waals surface area contributed by atoms with Gasteiger partial charge in [0.2, 0.25) is 0 Å². The van der Waals surface area contributed by atoms with E-state index in [1.165, 1.54) is 0 Å². The highest BCUT2D eigenvalue weighted by Gasteiger charge is 2.38. The molecule has 0 amide bonds. The summed E-state index contributed by atoms with van der Waals surface area (Å²) < 4.78 is 6.06. The maximum Gasteiger partial charge on any atom is 0.129 e. The Hall–Kier alpha value is -1.17. The Morgan fingerprint density at radius 3 is 3.05 bits per heavy atom. The standard InChI is InChI=1S/C14H21N3O2/c18-10-12-1-4-16-13(9-12)17-7-8-19-14(11-17)2-5-15-6-3-14/h1,4,9,15,18H,2-3,5-8,10-11H2. The van der Waals surface area contributed by atoms with Crippen molar-refractivity contribution in [1.82, 2.24) is 10.3 Å². The number of piperidine rings is 1. The second-order valence-corrected chi connectivity index (χ2v) is 5.38. The molecule has 1 aromatic rings. The predicted molar refractivity (Wildman–Crippen MR) is 73.2 cm³/mol. The third-order valence-electron chi connectivity index (χ3n) is 4.08. The number of nitrogens with zero attached hydrogens (tertiary/aromatic N) is 2. The lowest BCUT2D eigenvalue weighted by Crippen LogP contribution is -2.56. The second kappa shape index (κ2) is 5.45. The van der Waals surface area contributed by atoms with Crippen molar-refractivity contribution in [3.05, 3.63) is 23.9 Å². The van der Waals surface area contributed by atoms with E-state index in [1.54, 1.807) is 6.20 Å². The molecule has 0 bridgehead atoms. The van der Waals surface area contributed by atoms with Crippen LogP contribution in [0.15, 0.2) is 18.3 Å². The minimum Gasteiger partial charge on any atom is -0.392 e. The molecule has 2 aliphatic heterocycles. The van der Waals surface area contributed by atoms with Crippen molar-refractivity contribution < 1.29 is 9.84 Å². The average Bonchev–Trinajstić information content (AvgIpc) is 2.48. The Bertz CT molecular complexity index is 427. The zero-order valence-corrected chi connectivity index (χ0v) is 11.1. The van der Waals surface area contributed by atoms with E-state index in [0.717, 1.165) is 57.0 Å². The van der Waals surface area contributed by atoms with Gasteiger partial charge in [-0.25, -0.2) is 4.98 Å². The fourth-order valence-electron chi connectivity index (χ4n) is 2.96. The maximum atomic E-state index is 9.22. The van der Waals surface area contributed by atoms with Crippen LogP contribution in [0, 0.1) is 0 Å². The molecular formula is C14H21N3O2. The summed E-state index contributed by atoms with van der Waals surface area (Å²) in [6.07, 6.45) is 3.89. The van der Waals surface area contributed by atoms with Crippen molar-refractivity contribution in [2.24, 2.45) is 0 Å². The summed E-state index contributed by atoms with van der Waals surface area (Å²) >= 11 is 0. The molecule has 2 N–H and O–H groups in total. The zero-order chi connectivity index (χ0) is 13.1. The molecular weight excluding hydrogens is 242 g/mol. The highest BCUT2D eigenvalue weighted by Crippen LogP contribution is 2.29. The van der Waals surface area contributed by atoms with Crippen LogP contribution >= 0.6 is 0 Å². The predicted octanol–water partition coefficient (Wildman–Crippen LogP) is 0.533. The molecule has 5 nitrogen and oxygen atoms in total. The second-order valence-electron chi connectivity index (χ2n) is 5.38. The minimum absolute atomic E-state index is 0.0135. The van der Waals surface area contributed by atoms with Gasteiger partial charge < -0.3 is 20.1 Å². The van der Waals surface area contributed by atoms with Gasteiger partial charge in [0.1, 0.15) is 5.82 Å². The topological polar surface area (TPSA) is 57.6 Å². The summed E-state index contributed by atoms with van der Waals surface area (Å²) in [5, 5.41) is 12.6. The Labute approximate surface area is 113 Å². The molecule has 2 fully saturated rings. The van der Waals surface area contributed by atoms with E-state index in [0.29, 0.717) is 0 Å². The van der Waals surface area contributed by atoms with E-state index in [2.05, 4.69) is 15.2 Å². The van der Waals surface area contributed by atoms with Gasteiger partial charge in [-0.3, -0.25) is 0 Å². The molecule has 2 aliphatic rings. The largest absolute Gasteiger partial charge is 0.392 e. The minimum atomic E-state index is -0.0135. The van der Waals surface area contributed by atoms with Crippen molar-refractivity contribution in [3.63, 3.8) is 0 Å². The van der Waals surface area contributed by atoms with Crippen LogP contribution in [0.25, 0.3) is 0 Å². The van der Waals surface area contributed by atoms with Gasteiger partial charge in [0.15, 0.2) is 0 Å². The molecule has 1 spiro atoms. The normalized spacial score (nSPS) is 22.7. The third-order valence-corrected chi connectivity index (χ3v) is 4.08. The summed E-state index contributed by atoms with van der Waals surface area (Å²) in [6.45, 7) is 4.64. The average molecular weight is 263 g/mol. The number of hydrogen-bond donors (Lipinski definition) is 2. The number of aliphatic hydroxyl groups is 1. The molecule has 0 radical (unpaired) electrons. The molecule has 1 aromatic heterocycles. The summed E-state index contributed by atoms with van der Waals surface area (Å²) in [7, 11) is 0. The van der Waals surface area contributed by atoms with E-state index in [-0.39, 0.29) is 12.2 Å². The Morgan fingerprint density at radius 1 is 1.42 bits per heavy atom. The quantitative estimate of drug-likeness (QED) is 0.815. The van der Waals surface area contributed by atoms with E-state index < -0.39 is 0 Å². The number of morpholine rings is 1. The van der Waals surface area contributed by atoms with Gasteiger partial charge in [0, 0.05) is 19.3 Å². The first-order chi connectivity index (χ1) is 9.31. The van der Waals surface area contributed by atoms with Crippen molar-refractivity contribution in [2.45, 2.75) is 25.0 Å². The van der Waals surface area contributed by atoms with Crippen LogP contribution in [-0.4, -0.2) is 48.5 Å². The molecule has 0 aromatic carbocycles. The van der Waals surface area contributed by atoms with Crippen molar-refractivity contribution >= 4 is 5.82 Å². The molecule has 3 rings (SSSR count). The first kappa shape index (κ1) is 12.8. The maximum absolute atomic E-state index is 9.22. The van der Waals surface area contributed by atoms with Crippen LogP contribution < -0.4 is 10.2 Å². The fraction of sp³-hybridized carbons (Fsp3) is 0.643. The SMILES string of the molecule is OCc1ccnc(N2CCOC3(CCNCC3)C2)c1. The van der Waals surface area contributed by atoms with Gasteiger partial charge in [-0.1, -0.05) is 0 Å². The molecule has 2 saturated heterocycles. The number of rotatable bonds is 2. The lowest BCUT2D eigenvalue weighted by Gasteiger charge is -2.45. The van der Waals surface area contributed by atoms with Gasteiger partial charge >= 0.3 is 0 Å². The fourth-order valence-corrected chi connectivity index (χ4v) is 2.96. The summed E-state index contributed by atoms with van der Waals surface area (Å²) in [6, 6.07) is 3.82. The number of nitrogens with one attached hydrogen (secondary N) is 1. The Morgan fingerprint density at radius 2 is 2.26 bits per heavy atom. The van der Waals surface area contributed by atoms with E-state index >= 15 is 0 Å². The van der Waals surface area contributed by atoms with Crippen LogP contribution in [0.1, 0.15) is 18.4 Å². The van der Waals surface area contributed by atoms with Gasteiger partial charge in [-0.15, -0.1) is 0 Å². The molecule has 19 heavy (non-hydrogen) atoms. The zero-order valence-electron chi connectivity index (χ0n) is 11.1. The molecule has 0 saturated carbocycles. The number of anilines is 1. The summed E-state index contributed by atoms with van der Waals surface area (Å²) in [5.41, 5.74) is 0.899. The number of aliphatic hydroxyl groups excluding tert-OH is 1. The van der Waals surface area contributed by atoms with Crippen LogP contribution in [0.4, 0.5) is 5.82 Å². The van der Waals surface area contributed by atoms with Crippen LogP contribution in [0.5, 0.6) is 0 Å². The van der Waals surface area contributed by atoms with Gasteiger partial charge in [0.25, 0.3) is 0 Å². The number of pyridine rings is 1. The molecule has 104 valence electrons. The lowest BCUT2D eigenvalue weighted by atomic mass is 9.90. The smallest absolute Gasteiger partial charge is 0.129 e. The first-order valence-electron chi connectivity index (χ1n) is 6.97. The van der Waals surface area contributed by atoms with Crippen LogP contribution in [0.2, 0.25) is 0 Å². The molecule has 5 heteroatoms. The molecule has 0 unspecified atom stereocenters. The van der Waals surface area contributed by atoms with Crippen molar-refractivity contribution in [3.8, 4) is 0 Å². The summed E-state index contributed by atoms with van der Waals surface area (Å²) in [5.74, 6) is 0.952. The lowest BCUT2D eigenvalue weighted by molar-refractivity contribution is -0.0740. The van der Waals surface area contributed by atoms with Gasteiger partial charge in [-0.05, 0) is 43.6 Å². The van der Waals surface area contributed by atoms with Crippen LogP contribution in [0.3, 0.4) is 0 Å². The van der Waals surface area contributed by atoms with Gasteiger partial charge in [0.05, 0.1) is 18.8 Å². The number of hydrogen-bond acceptors (Lipinski definition) is 5.